The number of carbonyl (C=O) groups is 3. The summed E-state index contributed by atoms with van der Waals surface area (Å²) < 4.78 is 31.6. The largest absolute Gasteiger partial charge is 0.496 e. The molecular weight excluding hydrogens is 713 g/mol. The predicted octanol–water partition coefficient (Wildman–Crippen LogP) is 5.04. The molecule has 3 rings (SSSR count). The van der Waals surface area contributed by atoms with Crippen LogP contribution in [0.25, 0.3) is 11.1 Å². The highest BCUT2D eigenvalue weighted by Gasteiger charge is 2.26. The van der Waals surface area contributed by atoms with Gasteiger partial charge in [0.05, 0.1) is 75.0 Å². The Morgan fingerprint density at radius 3 is 1.75 bits per heavy atom. The fraction of sp³-hybridized carbons (Fsp3) is 0.400. The summed E-state index contributed by atoms with van der Waals surface area (Å²) in [6.07, 6.45) is 0.0878. The number of amides is 1. The number of esters is 2. The van der Waals surface area contributed by atoms with E-state index in [0.717, 1.165) is 11.1 Å². The summed E-state index contributed by atoms with van der Waals surface area (Å²) in [4.78, 5) is 57.6. The van der Waals surface area contributed by atoms with Crippen LogP contribution in [0.15, 0.2) is 48.5 Å². The number of halogens is 2. The van der Waals surface area contributed by atoms with E-state index in [0.29, 0.717) is 35.8 Å². The average Bonchev–Trinajstić information content (AvgIpc) is 3.13. The van der Waals surface area contributed by atoms with Crippen LogP contribution in [0, 0.1) is 0 Å². The molecule has 0 heterocycles. The maximum Gasteiger partial charge on any atom is 0.337 e. The summed E-state index contributed by atoms with van der Waals surface area (Å²) in [5, 5.41) is 2.46. The van der Waals surface area contributed by atoms with Gasteiger partial charge in [0.2, 0.25) is 0 Å². The smallest absolute Gasteiger partial charge is 0.337 e. The zero-order chi connectivity index (χ0) is 37.2. The van der Waals surface area contributed by atoms with Crippen molar-refractivity contribution in [2.45, 2.75) is 19.1 Å². The third-order valence-electron chi connectivity index (χ3n) is 7.10. The summed E-state index contributed by atoms with van der Waals surface area (Å²) in [6.45, 7) is 1.88. The number of ether oxygens (including phenoxy) is 6. The highest BCUT2D eigenvalue weighted by atomic mass is 35.5. The maximum atomic E-state index is 13.2. The minimum atomic E-state index is -1.08. The molecule has 0 spiro atoms. The normalized spacial score (nSPS) is 11.5. The Morgan fingerprint density at radius 1 is 0.686 bits per heavy atom. The van der Waals surface area contributed by atoms with Crippen molar-refractivity contribution >= 4 is 41.0 Å². The molecule has 0 aromatic heterocycles. The first-order valence-electron chi connectivity index (χ1n) is 15.5. The van der Waals surface area contributed by atoms with Crippen molar-refractivity contribution < 1.29 is 62.4 Å². The second-order valence-electron chi connectivity index (χ2n) is 10.5. The van der Waals surface area contributed by atoms with Crippen molar-refractivity contribution in [3.8, 4) is 22.6 Å². The topological polar surface area (TPSA) is 156 Å². The van der Waals surface area contributed by atoms with Crippen LogP contribution in [-0.2, 0) is 56.3 Å². The molecule has 0 aliphatic carbocycles. The number of benzene rings is 3. The number of hydrogen-bond donors (Lipinski definition) is 1. The first-order chi connectivity index (χ1) is 24.7. The standard InChI is InChI=1S/C35H41Cl2NO13/c1-42-10-12-48-50-14-15-51-49-13-11-47-21-23-17-29(43-2)31(30(18-23)44-3)24-8-6-22(7-9-24)16-28(35(41)46-5)38-33(39)32-26(36)19-25(20-27(32)37)34(40)45-4/h6-9,17-20,28H,10-16,21H2,1-5H3,(H,38,39)/t28-/m0/s1. The van der Waals surface area contributed by atoms with Gasteiger partial charge in [-0.3, -0.25) is 4.79 Å². The van der Waals surface area contributed by atoms with Gasteiger partial charge in [-0.1, -0.05) is 47.5 Å². The summed E-state index contributed by atoms with van der Waals surface area (Å²) in [7, 11) is 7.10. The molecule has 16 heteroatoms. The zero-order valence-corrected chi connectivity index (χ0v) is 30.4. The van der Waals surface area contributed by atoms with Gasteiger partial charge in [-0.05, 0) is 41.0 Å². The summed E-state index contributed by atoms with van der Waals surface area (Å²) >= 11 is 12.6. The summed E-state index contributed by atoms with van der Waals surface area (Å²) in [6, 6.07) is 12.4. The van der Waals surface area contributed by atoms with Crippen molar-refractivity contribution in [1.29, 1.82) is 0 Å². The van der Waals surface area contributed by atoms with E-state index < -0.39 is 23.9 Å². The molecule has 1 N–H and O–H groups in total. The van der Waals surface area contributed by atoms with Crippen LogP contribution < -0.4 is 14.8 Å². The zero-order valence-electron chi connectivity index (χ0n) is 28.9. The SMILES string of the molecule is COCCOOCCOOCCOCc1cc(OC)c(-c2ccc(C[C@H](NC(=O)c3c(Cl)cc(C(=O)OC)cc3Cl)C(=O)OC)cc2)c(OC)c1. The van der Waals surface area contributed by atoms with Crippen LogP contribution >= 0.6 is 23.2 Å². The van der Waals surface area contributed by atoms with E-state index in [1.54, 1.807) is 33.5 Å². The van der Waals surface area contributed by atoms with Crippen LogP contribution in [0.1, 0.15) is 31.8 Å². The third-order valence-corrected chi connectivity index (χ3v) is 7.69. The quantitative estimate of drug-likeness (QED) is 0.0631. The molecule has 0 saturated carbocycles. The lowest BCUT2D eigenvalue weighted by Gasteiger charge is -2.19. The second kappa shape index (κ2) is 22.1. The van der Waals surface area contributed by atoms with Gasteiger partial charge in [-0.2, -0.15) is 0 Å². The molecule has 0 unspecified atom stereocenters. The third kappa shape index (κ3) is 12.6. The van der Waals surface area contributed by atoms with Crippen molar-refractivity contribution in [3.05, 3.63) is 80.8 Å². The molecular formula is C35H41Cl2NO13. The van der Waals surface area contributed by atoms with Gasteiger partial charge >= 0.3 is 11.9 Å². The van der Waals surface area contributed by atoms with E-state index >= 15 is 0 Å². The van der Waals surface area contributed by atoms with Crippen molar-refractivity contribution in [2.24, 2.45) is 0 Å². The van der Waals surface area contributed by atoms with Crippen LogP contribution in [-0.4, -0.2) is 99.1 Å². The molecule has 14 nitrogen and oxygen atoms in total. The Hall–Kier alpha value is -3.99. The average molecular weight is 755 g/mol. The van der Waals surface area contributed by atoms with E-state index in [1.165, 1.54) is 26.4 Å². The number of carbonyl (C=O) groups excluding carboxylic acids is 3. The maximum absolute atomic E-state index is 13.2. The van der Waals surface area contributed by atoms with Crippen molar-refractivity contribution in [3.63, 3.8) is 0 Å². The minimum absolute atomic E-state index is 0.0703. The molecule has 1 amide bonds. The van der Waals surface area contributed by atoms with Crippen LogP contribution in [0.5, 0.6) is 11.5 Å². The highest BCUT2D eigenvalue weighted by molar-refractivity contribution is 6.40. The summed E-state index contributed by atoms with van der Waals surface area (Å²) in [5.41, 5.74) is 2.97. The Bertz CT molecular complexity index is 1540. The van der Waals surface area contributed by atoms with E-state index in [1.807, 2.05) is 24.3 Å². The number of nitrogens with one attached hydrogen (secondary N) is 1. The van der Waals surface area contributed by atoms with Crippen molar-refractivity contribution in [2.75, 3.05) is 75.2 Å². The number of methoxy groups -OCH3 is 5. The molecule has 3 aromatic rings. The van der Waals surface area contributed by atoms with Gasteiger partial charge in [-0.15, -0.1) is 0 Å². The molecule has 0 radical (unpaired) electrons. The van der Waals surface area contributed by atoms with Gasteiger partial charge in [0.1, 0.15) is 44.0 Å². The van der Waals surface area contributed by atoms with Crippen LogP contribution in [0.4, 0.5) is 0 Å². The van der Waals surface area contributed by atoms with Crippen molar-refractivity contribution in [1.82, 2.24) is 5.32 Å². The fourth-order valence-corrected chi connectivity index (χ4v) is 5.33. The van der Waals surface area contributed by atoms with Gasteiger partial charge in [0, 0.05) is 13.5 Å². The molecule has 0 aliphatic rings. The molecule has 3 aromatic carbocycles. The number of hydrogen-bond acceptors (Lipinski definition) is 13. The summed E-state index contributed by atoms with van der Waals surface area (Å²) in [5.74, 6) is -0.965. The van der Waals surface area contributed by atoms with Crippen LogP contribution in [0.2, 0.25) is 10.0 Å². The van der Waals surface area contributed by atoms with Gasteiger partial charge in [0.25, 0.3) is 5.91 Å². The molecule has 0 aliphatic heterocycles. The first kappa shape index (κ1) is 41.4. The molecule has 0 saturated heterocycles. The highest BCUT2D eigenvalue weighted by Crippen LogP contribution is 2.40. The van der Waals surface area contributed by atoms with E-state index in [-0.39, 0.29) is 60.6 Å². The monoisotopic (exact) mass is 753 g/mol. The molecule has 1 atom stereocenters. The Kier molecular flexibility index (Phi) is 17.9. The predicted molar refractivity (Wildman–Crippen MR) is 185 cm³/mol. The van der Waals surface area contributed by atoms with E-state index in [9.17, 15) is 14.4 Å². The molecule has 0 fully saturated rings. The lowest BCUT2D eigenvalue weighted by molar-refractivity contribution is -0.344. The first-order valence-corrected chi connectivity index (χ1v) is 16.3. The molecule has 278 valence electrons. The van der Waals surface area contributed by atoms with Crippen LogP contribution in [0.3, 0.4) is 0 Å². The lowest BCUT2D eigenvalue weighted by atomic mass is 9.98. The van der Waals surface area contributed by atoms with E-state index in [2.05, 4.69) is 10.1 Å². The van der Waals surface area contributed by atoms with Gasteiger partial charge in [0.15, 0.2) is 0 Å². The second-order valence-corrected chi connectivity index (χ2v) is 11.3. The van der Waals surface area contributed by atoms with Gasteiger partial charge < -0.3 is 33.7 Å². The lowest BCUT2D eigenvalue weighted by Crippen LogP contribution is -2.43. The molecule has 51 heavy (non-hydrogen) atoms. The van der Waals surface area contributed by atoms with Gasteiger partial charge in [-0.25, -0.2) is 29.1 Å². The Balaban J connectivity index is 1.63. The Morgan fingerprint density at radius 2 is 1.24 bits per heavy atom. The number of rotatable bonds is 22. The fourth-order valence-electron chi connectivity index (χ4n) is 4.67. The Labute approximate surface area is 305 Å². The minimum Gasteiger partial charge on any atom is -0.496 e. The van der Waals surface area contributed by atoms with E-state index in [4.69, 9.17) is 66.4 Å². The molecule has 0 bridgehead atoms.